The highest BCUT2D eigenvalue weighted by Crippen LogP contribution is 2.22. The SMILES string of the molecule is CCN(CC(=O)N(C)C)S(=O)(=O)c1ccc(N)cc1C#N. The second kappa shape index (κ2) is 6.56. The topological polar surface area (TPSA) is 108 Å². The average Bonchev–Trinajstić information content (AvgIpc) is 2.43. The lowest BCUT2D eigenvalue weighted by Gasteiger charge is -2.22. The number of nitrogen functional groups attached to an aromatic ring is 1. The maximum Gasteiger partial charge on any atom is 0.244 e. The summed E-state index contributed by atoms with van der Waals surface area (Å²) in [6.45, 7) is 1.47. The van der Waals surface area contributed by atoms with Gasteiger partial charge in [-0.3, -0.25) is 4.79 Å². The van der Waals surface area contributed by atoms with Crippen molar-refractivity contribution in [1.29, 1.82) is 5.26 Å². The normalized spacial score (nSPS) is 11.2. The van der Waals surface area contributed by atoms with Crippen molar-refractivity contribution in [2.45, 2.75) is 11.8 Å². The summed E-state index contributed by atoms with van der Waals surface area (Å²) in [6.07, 6.45) is 0. The predicted octanol–water partition coefficient (Wildman–Crippen LogP) is 0.239. The first-order valence-electron chi connectivity index (χ1n) is 6.24. The number of nitriles is 1. The number of nitrogens with two attached hydrogens (primary N) is 1. The van der Waals surface area contributed by atoms with Crippen LogP contribution in [0.1, 0.15) is 12.5 Å². The summed E-state index contributed by atoms with van der Waals surface area (Å²) in [7, 11) is -0.835. The molecule has 0 saturated carbocycles. The number of nitrogens with zero attached hydrogens (tertiary/aromatic N) is 3. The van der Waals surface area contributed by atoms with Gasteiger partial charge in [-0.15, -0.1) is 0 Å². The Morgan fingerprint density at radius 3 is 2.48 bits per heavy atom. The number of benzene rings is 1. The smallest absolute Gasteiger partial charge is 0.244 e. The van der Waals surface area contributed by atoms with E-state index in [0.29, 0.717) is 5.69 Å². The van der Waals surface area contributed by atoms with Crippen molar-refractivity contribution in [1.82, 2.24) is 9.21 Å². The lowest BCUT2D eigenvalue weighted by Crippen LogP contribution is -2.40. The van der Waals surface area contributed by atoms with Crippen molar-refractivity contribution in [2.75, 3.05) is 32.9 Å². The van der Waals surface area contributed by atoms with Crippen molar-refractivity contribution >= 4 is 21.6 Å². The maximum absolute atomic E-state index is 12.6. The number of rotatable bonds is 5. The van der Waals surface area contributed by atoms with Crippen molar-refractivity contribution < 1.29 is 13.2 Å². The number of carbonyl (C=O) groups excluding carboxylic acids is 1. The third kappa shape index (κ3) is 3.71. The van der Waals surface area contributed by atoms with Crippen LogP contribution >= 0.6 is 0 Å². The van der Waals surface area contributed by atoms with Gasteiger partial charge in [0.2, 0.25) is 15.9 Å². The van der Waals surface area contributed by atoms with Gasteiger partial charge in [-0.2, -0.15) is 9.57 Å². The number of hydrogen-bond donors (Lipinski definition) is 1. The number of sulfonamides is 1. The highest BCUT2D eigenvalue weighted by molar-refractivity contribution is 7.89. The van der Waals surface area contributed by atoms with E-state index in [0.717, 1.165) is 4.31 Å². The van der Waals surface area contributed by atoms with E-state index >= 15 is 0 Å². The molecule has 1 aromatic rings. The highest BCUT2D eigenvalue weighted by atomic mass is 32.2. The summed E-state index contributed by atoms with van der Waals surface area (Å²) >= 11 is 0. The third-order valence-electron chi connectivity index (χ3n) is 2.91. The average molecular weight is 310 g/mol. The van der Waals surface area contributed by atoms with Gasteiger partial charge in [0, 0.05) is 26.3 Å². The Morgan fingerprint density at radius 2 is 2.00 bits per heavy atom. The van der Waals surface area contributed by atoms with Crippen LogP contribution in [0.5, 0.6) is 0 Å². The molecule has 0 radical (unpaired) electrons. The number of anilines is 1. The highest BCUT2D eigenvalue weighted by Gasteiger charge is 2.28. The third-order valence-corrected chi connectivity index (χ3v) is 4.88. The molecule has 0 heterocycles. The molecule has 114 valence electrons. The molecule has 0 fully saturated rings. The van der Waals surface area contributed by atoms with Crippen molar-refractivity contribution in [3.05, 3.63) is 23.8 Å². The van der Waals surface area contributed by atoms with Crippen molar-refractivity contribution in [2.24, 2.45) is 0 Å². The van der Waals surface area contributed by atoms with Gasteiger partial charge in [-0.25, -0.2) is 8.42 Å². The van der Waals surface area contributed by atoms with Gasteiger partial charge >= 0.3 is 0 Å². The number of amides is 1. The van der Waals surface area contributed by atoms with Gasteiger partial charge in [0.05, 0.1) is 12.1 Å². The van der Waals surface area contributed by atoms with Crippen LogP contribution < -0.4 is 5.73 Å². The fraction of sp³-hybridized carbons (Fsp3) is 0.385. The Morgan fingerprint density at radius 1 is 1.38 bits per heavy atom. The van der Waals surface area contributed by atoms with Crippen LogP contribution in [0.3, 0.4) is 0 Å². The van der Waals surface area contributed by atoms with Crippen molar-refractivity contribution in [3.63, 3.8) is 0 Å². The molecular weight excluding hydrogens is 292 g/mol. The Kier molecular flexibility index (Phi) is 5.29. The van der Waals surface area contributed by atoms with E-state index in [-0.39, 0.29) is 29.5 Å². The van der Waals surface area contributed by atoms with Gasteiger partial charge in [0.1, 0.15) is 11.0 Å². The van der Waals surface area contributed by atoms with Crippen LogP contribution in [-0.2, 0) is 14.8 Å². The number of carbonyl (C=O) groups is 1. The molecule has 7 nitrogen and oxygen atoms in total. The minimum absolute atomic E-state index is 0.0363. The van der Waals surface area contributed by atoms with E-state index in [1.807, 2.05) is 6.07 Å². The van der Waals surface area contributed by atoms with Gasteiger partial charge < -0.3 is 10.6 Å². The second-order valence-corrected chi connectivity index (χ2v) is 6.49. The van der Waals surface area contributed by atoms with Crippen LogP contribution in [0.2, 0.25) is 0 Å². The van der Waals surface area contributed by atoms with E-state index in [1.54, 1.807) is 21.0 Å². The molecule has 2 N–H and O–H groups in total. The van der Waals surface area contributed by atoms with Crippen LogP contribution in [0.25, 0.3) is 0 Å². The summed E-state index contributed by atoms with van der Waals surface area (Å²) in [4.78, 5) is 12.9. The molecular formula is C13H18N4O3S. The summed E-state index contributed by atoms with van der Waals surface area (Å²) in [5, 5.41) is 9.07. The minimum Gasteiger partial charge on any atom is -0.399 e. The Hall–Kier alpha value is -2.11. The molecule has 0 spiro atoms. The number of hydrogen-bond acceptors (Lipinski definition) is 5. The molecule has 0 aliphatic rings. The van der Waals surface area contributed by atoms with E-state index in [2.05, 4.69) is 0 Å². The van der Waals surface area contributed by atoms with Crippen molar-refractivity contribution in [3.8, 4) is 6.07 Å². The van der Waals surface area contributed by atoms with E-state index in [9.17, 15) is 13.2 Å². The molecule has 0 aliphatic carbocycles. The zero-order chi connectivity index (χ0) is 16.2. The zero-order valence-electron chi connectivity index (χ0n) is 12.2. The van der Waals surface area contributed by atoms with Gasteiger partial charge in [-0.1, -0.05) is 6.92 Å². The van der Waals surface area contributed by atoms with Crippen LogP contribution in [-0.4, -0.2) is 50.7 Å². The molecule has 0 unspecified atom stereocenters. The fourth-order valence-electron chi connectivity index (χ4n) is 1.66. The van der Waals surface area contributed by atoms with Gasteiger partial charge in [0.25, 0.3) is 0 Å². The lowest BCUT2D eigenvalue weighted by molar-refractivity contribution is -0.128. The molecule has 0 atom stereocenters. The van der Waals surface area contributed by atoms with Crippen LogP contribution in [0, 0.1) is 11.3 Å². The standard InChI is InChI=1S/C13H18N4O3S/c1-4-17(9-13(18)16(2)3)21(19,20)12-6-5-11(15)7-10(12)8-14/h5-7H,4,9,15H2,1-3H3. The molecule has 1 amide bonds. The second-order valence-electron chi connectivity index (χ2n) is 4.59. The monoisotopic (exact) mass is 310 g/mol. The first kappa shape index (κ1) is 16.9. The first-order chi connectivity index (χ1) is 9.73. The zero-order valence-corrected chi connectivity index (χ0v) is 13.0. The van der Waals surface area contributed by atoms with Crippen LogP contribution in [0.4, 0.5) is 5.69 Å². The molecule has 0 saturated heterocycles. The minimum atomic E-state index is -3.93. The Bertz CT molecular complexity index is 677. The molecule has 1 aromatic carbocycles. The fourth-order valence-corrected chi connectivity index (χ4v) is 3.18. The van der Waals surface area contributed by atoms with E-state index in [4.69, 9.17) is 11.0 Å². The first-order valence-corrected chi connectivity index (χ1v) is 7.68. The summed E-state index contributed by atoms with van der Waals surface area (Å²) in [6, 6.07) is 5.81. The maximum atomic E-state index is 12.6. The molecule has 0 bridgehead atoms. The molecule has 8 heteroatoms. The summed E-state index contributed by atoms with van der Waals surface area (Å²) in [5.41, 5.74) is 5.82. The molecule has 0 aromatic heterocycles. The van der Waals surface area contributed by atoms with Crippen LogP contribution in [0.15, 0.2) is 23.1 Å². The summed E-state index contributed by atoms with van der Waals surface area (Å²) in [5.74, 6) is -0.339. The Labute approximate surface area is 124 Å². The number of likely N-dealkylation sites (N-methyl/N-ethyl adjacent to an activating group) is 2. The Balaban J connectivity index is 3.26. The predicted molar refractivity (Wildman–Crippen MR) is 78.7 cm³/mol. The van der Waals surface area contributed by atoms with E-state index in [1.165, 1.54) is 23.1 Å². The molecule has 21 heavy (non-hydrogen) atoms. The molecule has 0 aliphatic heterocycles. The quantitative estimate of drug-likeness (QED) is 0.784. The van der Waals surface area contributed by atoms with E-state index < -0.39 is 10.0 Å². The lowest BCUT2D eigenvalue weighted by atomic mass is 10.2. The summed E-state index contributed by atoms with van der Waals surface area (Å²) < 4.78 is 26.2. The largest absolute Gasteiger partial charge is 0.399 e. The molecule has 1 rings (SSSR count). The van der Waals surface area contributed by atoms with Gasteiger partial charge in [0.15, 0.2) is 0 Å². The van der Waals surface area contributed by atoms with Gasteiger partial charge in [-0.05, 0) is 18.2 Å².